The van der Waals surface area contributed by atoms with Crippen molar-refractivity contribution in [1.29, 1.82) is 0 Å². The zero-order valence-electron chi connectivity index (χ0n) is 25.9. The summed E-state index contributed by atoms with van der Waals surface area (Å²) in [5.74, 6) is 1.38. The van der Waals surface area contributed by atoms with E-state index in [2.05, 4.69) is 128 Å². The van der Waals surface area contributed by atoms with Crippen LogP contribution in [0.25, 0.3) is 99.5 Å². The van der Waals surface area contributed by atoms with E-state index >= 15 is 0 Å². The number of furan rings is 1. The fraction of sp³-hybridized carbons (Fsp3) is 0. The van der Waals surface area contributed by atoms with E-state index in [1.165, 1.54) is 0 Å². The molecule has 0 atom stereocenters. The third-order valence-electron chi connectivity index (χ3n) is 9.74. The highest BCUT2D eigenvalue weighted by Gasteiger charge is 2.24. The highest BCUT2D eigenvalue weighted by Crippen LogP contribution is 2.43. The van der Waals surface area contributed by atoms with Gasteiger partial charge in [0.15, 0.2) is 0 Å². The first-order chi connectivity index (χ1) is 24.3. The van der Waals surface area contributed by atoms with Crippen molar-refractivity contribution in [2.45, 2.75) is 0 Å². The molecule has 7 nitrogen and oxygen atoms in total. The first kappa shape index (κ1) is 26.2. The molecule has 0 radical (unpaired) electrons. The minimum Gasteiger partial charge on any atom is -0.437 e. The molecule has 0 N–H and O–H groups in total. The standard InChI is InChI=1S/C42H24N6O/c1-2-12-26-25(10-1)11-9-16-27(26)40-39-30-15-5-8-19-35(30)49-41(39)46-42(45-40)48-32-18-7-4-14-29(32)38-34(48)21-20-33-37(38)28-13-3-6-17-31(28)47(33)36-22-23-43-24-44-36/h1-24H. The van der Waals surface area contributed by atoms with Gasteiger partial charge in [-0.3, -0.25) is 9.13 Å². The number of hydrogen-bond donors (Lipinski definition) is 0. The molecule has 11 rings (SSSR count). The van der Waals surface area contributed by atoms with Gasteiger partial charge in [-0.05, 0) is 47.2 Å². The third-order valence-corrected chi connectivity index (χ3v) is 9.74. The molecule has 0 unspecified atom stereocenters. The van der Waals surface area contributed by atoms with Crippen LogP contribution in [0.1, 0.15) is 0 Å². The van der Waals surface area contributed by atoms with Gasteiger partial charge in [-0.2, -0.15) is 4.98 Å². The third kappa shape index (κ3) is 3.61. The number of hydrogen-bond acceptors (Lipinski definition) is 5. The van der Waals surface area contributed by atoms with Crippen molar-refractivity contribution in [1.82, 2.24) is 29.1 Å². The van der Waals surface area contributed by atoms with Crippen molar-refractivity contribution >= 4 is 76.5 Å². The van der Waals surface area contributed by atoms with E-state index in [4.69, 9.17) is 14.4 Å². The van der Waals surface area contributed by atoms with E-state index in [9.17, 15) is 0 Å². The molecule has 7 heteroatoms. The Morgan fingerprint density at radius 2 is 1.14 bits per heavy atom. The lowest BCUT2D eigenvalue weighted by atomic mass is 9.99. The van der Waals surface area contributed by atoms with Crippen LogP contribution in [0.15, 0.2) is 150 Å². The average molecular weight is 629 g/mol. The van der Waals surface area contributed by atoms with E-state index in [0.29, 0.717) is 11.7 Å². The second-order valence-corrected chi connectivity index (χ2v) is 12.3. The maximum Gasteiger partial charge on any atom is 0.238 e. The van der Waals surface area contributed by atoms with Crippen molar-refractivity contribution in [2.24, 2.45) is 0 Å². The van der Waals surface area contributed by atoms with Crippen LogP contribution in [0.3, 0.4) is 0 Å². The molecule has 11 aromatic rings. The van der Waals surface area contributed by atoms with Gasteiger partial charge < -0.3 is 4.42 Å². The lowest BCUT2D eigenvalue weighted by Gasteiger charge is -2.11. The minimum absolute atomic E-state index is 0.555. The number of rotatable bonds is 3. The fourth-order valence-electron chi connectivity index (χ4n) is 7.74. The van der Waals surface area contributed by atoms with Crippen molar-refractivity contribution in [2.75, 3.05) is 0 Å². The summed E-state index contributed by atoms with van der Waals surface area (Å²) >= 11 is 0. The molecule has 0 saturated carbocycles. The number of nitrogens with zero attached hydrogens (tertiary/aromatic N) is 6. The molecule has 5 aromatic heterocycles. The van der Waals surface area contributed by atoms with E-state index in [1.54, 1.807) is 12.5 Å². The Hall–Kier alpha value is -6.86. The second-order valence-electron chi connectivity index (χ2n) is 12.3. The summed E-state index contributed by atoms with van der Waals surface area (Å²) in [6.45, 7) is 0. The Morgan fingerprint density at radius 1 is 0.490 bits per heavy atom. The van der Waals surface area contributed by atoms with Crippen LogP contribution in [-0.4, -0.2) is 29.1 Å². The van der Waals surface area contributed by atoms with Crippen LogP contribution >= 0.6 is 0 Å². The Labute approximate surface area is 278 Å². The lowest BCUT2D eigenvalue weighted by Crippen LogP contribution is -2.03. The monoisotopic (exact) mass is 628 g/mol. The first-order valence-corrected chi connectivity index (χ1v) is 16.2. The van der Waals surface area contributed by atoms with E-state index in [1.807, 2.05) is 24.3 Å². The highest BCUT2D eigenvalue weighted by molar-refractivity contribution is 6.29. The molecule has 6 aromatic carbocycles. The Bertz CT molecular complexity index is 3110. The number of aromatic nitrogens is 6. The summed E-state index contributed by atoms with van der Waals surface area (Å²) in [7, 11) is 0. The molecule has 228 valence electrons. The van der Waals surface area contributed by atoms with Gasteiger partial charge in [-0.25, -0.2) is 15.0 Å². The van der Waals surface area contributed by atoms with Gasteiger partial charge in [0.25, 0.3) is 0 Å². The van der Waals surface area contributed by atoms with Crippen molar-refractivity contribution < 1.29 is 4.42 Å². The zero-order chi connectivity index (χ0) is 32.1. The molecule has 0 saturated heterocycles. The molecule has 0 aliphatic rings. The molecule has 0 aliphatic heterocycles. The Kier molecular flexibility index (Phi) is 5.26. The zero-order valence-corrected chi connectivity index (χ0v) is 25.9. The Balaban J connectivity index is 1.30. The van der Waals surface area contributed by atoms with Gasteiger partial charge in [0.2, 0.25) is 11.7 Å². The highest BCUT2D eigenvalue weighted by atomic mass is 16.3. The summed E-state index contributed by atoms with van der Waals surface area (Å²) < 4.78 is 10.9. The summed E-state index contributed by atoms with van der Waals surface area (Å²) in [6.07, 6.45) is 3.38. The van der Waals surface area contributed by atoms with Gasteiger partial charge in [-0.1, -0.05) is 97.1 Å². The number of para-hydroxylation sites is 3. The van der Waals surface area contributed by atoms with Crippen molar-refractivity contribution in [3.8, 4) is 23.0 Å². The minimum atomic E-state index is 0.555. The summed E-state index contributed by atoms with van der Waals surface area (Å²) in [6, 6.07) is 46.3. The van der Waals surface area contributed by atoms with Crippen LogP contribution in [0.4, 0.5) is 0 Å². The summed E-state index contributed by atoms with van der Waals surface area (Å²) in [4.78, 5) is 19.4. The van der Waals surface area contributed by atoms with Crippen LogP contribution in [0.5, 0.6) is 0 Å². The lowest BCUT2D eigenvalue weighted by molar-refractivity contribution is 0.651. The van der Waals surface area contributed by atoms with Crippen LogP contribution in [0.2, 0.25) is 0 Å². The largest absolute Gasteiger partial charge is 0.437 e. The molecule has 0 spiro atoms. The predicted molar refractivity (Wildman–Crippen MR) is 197 cm³/mol. The molecule has 0 fully saturated rings. The van der Waals surface area contributed by atoms with E-state index in [0.717, 1.165) is 87.8 Å². The van der Waals surface area contributed by atoms with Gasteiger partial charge in [0.1, 0.15) is 17.7 Å². The molecule has 0 aliphatic carbocycles. The molecule has 49 heavy (non-hydrogen) atoms. The maximum absolute atomic E-state index is 6.49. The molecule has 5 heterocycles. The van der Waals surface area contributed by atoms with E-state index in [-0.39, 0.29) is 0 Å². The quantitative estimate of drug-likeness (QED) is 0.195. The molecule has 0 bridgehead atoms. The average Bonchev–Trinajstić information content (AvgIpc) is 3.82. The first-order valence-electron chi connectivity index (χ1n) is 16.2. The molecular weight excluding hydrogens is 605 g/mol. The molecular formula is C42H24N6O. The number of benzene rings is 6. The topological polar surface area (TPSA) is 74.6 Å². The van der Waals surface area contributed by atoms with Gasteiger partial charge in [-0.15, -0.1) is 0 Å². The summed E-state index contributed by atoms with van der Waals surface area (Å²) in [5, 5.41) is 8.74. The predicted octanol–water partition coefficient (Wildman–Crippen LogP) is 10.2. The van der Waals surface area contributed by atoms with E-state index < -0.39 is 0 Å². The second kappa shape index (κ2) is 9.82. The number of fused-ring (bicyclic) bond motifs is 11. The van der Waals surface area contributed by atoms with Crippen LogP contribution in [0, 0.1) is 0 Å². The van der Waals surface area contributed by atoms with Crippen LogP contribution in [-0.2, 0) is 0 Å². The molecule has 0 amide bonds. The van der Waals surface area contributed by atoms with Gasteiger partial charge >= 0.3 is 0 Å². The smallest absolute Gasteiger partial charge is 0.238 e. The van der Waals surface area contributed by atoms with Crippen LogP contribution < -0.4 is 0 Å². The Morgan fingerprint density at radius 3 is 1.92 bits per heavy atom. The van der Waals surface area contributed by atoms with Gasteiger partial charge in [0, 0.05) is 38.7 Å². The van der Waals surface area contributed by atoms with Crippen molar-refractivity contribution in [3.05, 3.63) is 146 Å². The SMILES string of the molecule is c1ccc2c(-c3nc(-n4c5ccccc5c5c6c7ccccc7n(-c7ccncn7)c6ccc54)nc4oc5ccccc5c34)cccc2c1. The van der Waals surface area contributed by atoms with Crippen molar-refractivity contribution in [3.63, 3.8) is 0 Å². The fourth-order valence-corrected chi connectivity index (χ4v) is 7.74. The maximum atomic E-state index is 6.49. The van der Waals surface area contributed by atoms with Gasteiger partial charge in [0.05, 0.1) is 33.1 Å². The summed E-state index contributed by atoms with van der Waals surface area (Å²) in [5.41, 5.74) is 7.40. The normalized spacial score (nSPS) is 12.1.